The van der Waals surface area contributed by atoms with E-state index in [4.69, 9.17) is 4.98 Å². The summed E-state index contributed by atoms with van der Waals surface area (Å²) < 4.78 is 2.28. The Morgan fingerprint density at radius 1 is 1.26 bits per heavy atom. The third-order valence-corrected chi connectivity index (χ3v) is 4.21. The highest BCUT2D eigenvalue weighted by Gasteiger charge is 2.28. The SMILES string of the molecule is Cc1ccc2cnc(C3CCCCN3C(C)C)n2c1. The van der Waals surface area contributed by atoms with E-state index in [0.29, 0.717) is 12.1 Å². The quantitative estimate of drug-likeness (QED) is 0.819. The molecule has 0 aliphatic carbocycles. The number of likely N-dealkylation sites (tertiary alicyclic amines) is 1. The number of aromatic nitrogens is 2. The number of fused-ring (bicyclic) bond motifs is 1. The summed E-state index contributed by atoms with van der Waals surface area (Å²) in [5.74, 6) is 1.21. The van der Waals surface area contributed by atoms with Crippen molar-refractivity contribution < 1.29 is 0 Å². The van der Waals surface area contributed by atoms with Gasteiger partial charge in [0.15, 0.2) is 0 Å². The van der Waals surface area contributed by atoms with Gasteiger partial charge in [0.1, 0.15) is 5.82 Å². The number of aryl methyl sites for hydroxylation is 1. The van der Waals surface area contributed by atoms with Crippen molar-refractivity contribution in [2.75, 3.05) is 6.54 Å². The van der Waals surface area contributed by atoms with E-state index < -0.39 is 0 Å². The molecule has 2 aromatic rings. The normalized spacial score (nSPS) is 21.4. The van der Waals surface area contributed by atoms with Crippen LogP contribution in [-0.2, 0) is 0 Å². The van der Waals surface area contributed by atoms with Gasteiger partial charge in [0.2, 0.25) is 0 Å². The van der Waals surface area contributed by atoms with Crippen molar-refractivity contribution in [1.82, 2.24) is 14.3 Å². The maximum Gasteiger partial charge on any atom is 0.130 e. The minimum Gasteiger partial charge on any atom is -0.302 e. The minimum atomic E-state index is 0.470. The zero-order valence-electron chi connectivity index (χ0n) is 12.1. The molecule has 0 spiro atoms. The fraction of sp³-hybridized carbons (Fsp3) is 0.562. The van der Waals surface area contributed by atoms with Gasteiger partial charge in [0.05, 0.1) is 17.8 Å². The molecule has 0 N–H and O–H groups in total. The monoisotopic (exact) mass is 257 g/mol. The Morgan fingerprint density at radius 2 is 2.11 bits per heavy atom. The van der Waals surface area contributed by atoms with Crippen LogP contribution in [0.5, 0.6) is 0 Å². The molecule has 1 saturated heterocycles. The second-order valence-electron chi connectivity index (χ2n) is 5.96. The third-order valence-electron chi connectivity index (χ3n) is 4.21. The van der Waals surface area contributed by atoms with Crippen molar-refractivity contribution in [3.05, 3.63) is 35.9 Å². The summed E-state index contributed by atoms with van der Waals surface area (Å²) in [5, 5.41) is 0. The molecule has 3 heterocycles. The van der Waals surface area contributed by atoms with Gasteiger partial charge in [-0.25, -0.2) is 4.98 Å². The molecule has 1 atom stereocenters. The lowest BCUT2D eigenvalue weighted by Crippen LogP contribution is -2.39. The van der Waals surface area contributed by atoms with E-state index in [1.54, 1.807) is 0 Å². The van der Waals surface area contributed by atoms with Crippen LogP contribution in [0.15, 0.2) is 24.5 Å². The fourth-order valence-corrected chi connectivity index (χ4v) is 3.21. The van der Waals surface area contributed by atoms with E-state index in [0.717, 1.165) is 0 Å². The molecular weight excluding hydrogens is 234 g/mol. The Bertz CT molecular complexity index is 570. The van der Waals surface area contributed by atoms with Gasteiger partial charge in [-0.05, 0) is 51.8 Å². The number of hydrogen-bond acceptors (Lipinski definition) is 2. The number of imidazole rings is 1. The molecule has 19 heavy (non-hydrogen) atoms. The maximum atomic E-state index is 4.71. The Labute approximate surface area is 115 Å². The number of nitrogens with zero attached hydrogens (tertiary/aromatic N) is 3. The maximum absolute atomic E-state index is 4.71. The summed E-state index contributed by atoms with van der Waals surface area (Å²) in [4.78, 5) is 7.31. The predicted octanol–water partition coefficient (Wildman–Crippen LogP) is 3.58. The minimum absolute atomic E-state index is 0.470. The van der Waals surface area contributed by atoms with Crippen molar-refractivity contribution in [3.63, 3.8) is 0 Å². The molecule has 1 fully saturated rings. The van der Waals surface area contributed by atoms with Crippen LogP contribution in [0.25, 0.3) is 5.52 Å². The first-order valence-electron chi connectivity index (χ1n) is 7.36. The molecular formula is C16H23N3. The smallest absolute Gasteiger partial charge is 0.130 e. The molecule has 1 aliphatic rings. The highest BCUT2D eigenvalue weighted by atomic mass is 15.2. The molecule has 3 heteroatoms. The highest BCUT2D eigenvalue weighted by molar-refractivity contribution is 5.47. The van der Waals surface area contributed by atoms with Crippen molar-refractivity contribution in [2.45, 2.75) is 52.1 Å². The molecule has 3 nitrogen and oxygen atoms in total. The Morgan fingerprint density at radius 3 is 2.89 bits per heavy atom. The molecule has 1 unspecified atom stereocenters. The van der Waals surface area contributed by atoms with Gasteiger partial charge in [0.25, 0.3) is 0 Å². The molecule has 102 valence electrons. The first kappa shape index (κ1) is 12.7. The first-order chi connectivity index (χ1) is 9.16. The summed E-state index contributed by atoms with van der Waals surface area (Å²) in [5.41, 5.74) is 2.49. The Balaban J connectivity index is 2.04. The topological polar surface area (TPSA) is 20.5 Å². The number of pyridine rings is 1. The molecule has 0 amide bonds. The van der Waals surface area contributed by atoms with Gasteiger partial charge in [0, 0.05) is 12.2 Å². The largest absolute Gasteiger partial charge is 0.302 e. The standard InChI is InChI=1S/C16H23N3/c1-12(2)18-9-5-4-6-15(18)16-17-10-14-8-7-13(3)11-19(14)16/h7-8,10-12,15H,4-6,9H2,1-3H3. The van der Waals surface area contributed by atoms with E-state index in [1.807, 2.05) is 6.20 Å². The lowest BCUT2D eigenvalue weighted by molar-refractivity contribution is 0.106. The van der Waals surface area contributed by atoms with Crippen LogP contribution >= 0.6 is 0 Å². The van der Waals surface area contributed by atoms with Crippen LogP contribution in [0.2, 0.25) is 0 Å². The molecule has 1 aliphatic heterocycles. The molecule has 2 aromatic heterocycles. The molecule has 0 bridgehead atoms. The van der Waals surface area contributed by atoms with Crippen molar-refractivity contribution >= 4 is 5.52 Å². The van der Waals surface area contributed by atoms with E-state index in [1.165, 1.54) is 42.7 Å². The number of hydrogen-bond donors (Lipinski definition) is 0. The van der Waals surface area contributed by atoms with E-state index in [2.05, 4.69) is 48.4 Å². The van der Waals surface area contributed by atoms with Gasteiger partial charge in [-0.15, -0.1) is 0 Å². The molecule has 0 aromatic carbocycles. The summed E-state index contributed by atoms with van der Waals surface area (Å²) in [7, 11) is 0. The second kappa shape index (κ2) is 4.97. The van der Waals surface area contributed by atoms with Gasteiger partial charge in [-0.2, -0.15) is 0 Å². The van der Waals surface area contributed by atoms with E-state index in [-0.39, 0.29) is 0 Å². The van der Waals surface area contributed by atoms with Crippen LogP contribution in [0.1, 0.15) is 50.5 Å². The first-order valence-corrected chi connectivity index (χ1v) is 7.36. The van der Waals surface area contributed by atoms with Crippen molar-refractivity contribution in [2.24, 2.45) is 0 Å². The highest BCUT2D eigenvalue weighted by Crippen LogP contribution is 2.32. The Kier molecular flexibility index (Phi) is 3.31. The number of piperidine rings is 1. The average molecular weight is 257 g/mol. The van der Waals surface area contributed by atoms with Crippen molar-refractivity contribution in [3.8, 4) is 0 Å². The zero-order chi connectivity index (χ0) is 13.4. The van der Waals surface area contributed by atoms with Crippen LogP contribution in [0, 0.1) is 6.92 Å². The predicted molar refractivity (Wildman–Crippen MR) is 78.4 cm³/mol. The zero-order valence-corrected chi connectivity index (χ0v) is 12.1. The van der Waals surface area contributed by atoms with Crippen molar-refractivity contribution in [1.29, 1.82) is 0 Å². The lowest BCUT2D eigenvalue weighted by Gasteiger charge is -2.37. The summed E-state index contributed by atoms with van der Waals surface area (Å²) in [6.07, 6.45) is 8.07. The van der Waals surface area contributed by atoms with Crippen LogP contribution in [0.3, 0.4) is 0 Å². The summed E-state index contributed by atoms with van der Waals surface area (Å²) in [6.45, 7) is 7.92. The van der Waals surface area contributed by atoms with Gasteiger partial charge in [-0.3, -0.25) is 4.90 Å². The van der Waals surface area contributed by atoms with Crippen LogP contribution < -0.4 is 0 Å². The lowest BCUT2D eigenvalue weighted by atomic mass is 10.00. The second-order valence-corrected chi connectivity index (χ2v) is 5.96. The third kappa shape index (κ3) is 2.27. The molecule has 0 saturated carbocycles. The Hall–Kier alpha value is -1.35. The van der Waals surface area contributed by atoms with E-state index in [9.17, 15) is 0 Å². The summed E-state index contributed by atoms with van der Waals surface area (Å²) >= 11 is 0. The van der Waals surface area contributed by atoms with Crippen LogP contribution in [0.4, 0.5) is 0 Å². The molecule has 3 rings (SSSR count). The summed E-state index contributed by atoms with van der Waals surface area (Å²) in [6, 6.07) is 5.37. The van der Waals surface area contributed by atoms with Gasteiger partial charge >= 0.3 is 0 Å². The molecule has 0 radical (unpaired) electrons. The average Bonchev–Trinajstić information content (AvgIpc) is 2.81. The van der Waals surface area contributed by atoms with Gasteiger partial charge < -0.3 is 4.40 Å². The fourth-order valence-electron chi connectivity index (χ4n) is 3.21. The van der Waals surface area contributed by atoms with E-state index >= 15 is 0 Å². The number of rotatable bonds is 2. The van der Waals surface area contributed by atoms with Gasteiger partial charge in [-0.1, -0.05) is 12.5 Å². The van der Waals surface area contributed by atoms with Crippen LogP contribution in [-0.4, -0.2) is 26.9 Å².